The molecule has 0 radical (unpaired) electrons. The molecule has 11 heteroatoms. The normalized spacial score (nSPS) is 11.4. The number of benzene rings is 1. The molecule has 0 unspecified atom stereocenters. The summed E-state index contributed by atoms with van der Waals surface area (Å²) in [7, 11) is 3.21. The van der Waals surface area contributed by atoms with E-state index >= 15 is 0 Å². The largest absolute Gasteiger partial charge is 0.419 e. The molecule has 2 heterocycles. The molecule has 0 aliphatic rings. The van der Waals surface area contributed by atoms with Crippen molar-refractivity contribution in [3.63, 3.8) is 0 Å². The van der Waals surface area contributed by atoms with Crippen molar-refractivity contribution in [2.24, 2.45) is 12.8 Å². The van der Waals surface area contributed by atoms with Crippen LogP contribution in [0.5, 0.6) is 0 Å². The fourth-order valence-corrected chi connectivity index (χ4v) is 3.02. The monoisotopic (exact) mass is 434 g/mol. The average Bonchev–Trinajstić information content (AvgIpc) is 2.98. The smallest absolute Gasteiger partial charge is 0.380 e. The lowest BCUT2D eigenvalue weighted by Gasteiger charge is -2.18. The van der Waals surface area contributed by atoms with E-state index in [1.807, 2.05) is 0 Å². The van der Waals surface area contributed by atoms with Gasteiger partial charge in [0.15, 0.2) is 0 Å². The van der Waals surface area contributed by atoms with Crippen molar-refractivity contribution >= 4 is 28.8 Å². The van der Waals surface area contributed by atoms with Crippen LogP contribution < -0.4 is 16.4 Å². The Morgan fingerprint density at radius 2 is 1.94 bits per heavy atom. The third kappa shape index (κ3) is 5.12. The first-order chi connectivity index (χ1) is 14.6. The van der Waals surface area contributed by atoms with E-state index in [0.717, 1.165) is 6.20 Å². The van der Waals surface area contributed by atoms with Gasteiger partial charge in [0.25, 0.3) is 5.91 Å². The molecule has 0 fully saturated rings. The molecule has 0 aliphatic heterocycles. The predicted molar refractivity (Wildman–Crippen MR) is 109 cm³/mol. The van der Waals surface area contributed by atoms with Gasteiger partial charge in [0.05, 0.1) is 40.5 Å². The summed E-state index contributed by atoms with van der Waals surface area (Å²) in [6.07, 6.45) is -2.27. The zero-order valence-corrected chi connectivity index (χ0v) is 17.0. The van der Waals surface area contributed by atoms with Crippen LogP contribution in [0.2, 0.25) is 0 Å². The number of anilines is 4. The molecule has 1 amide bonds. The lowest BCUT2D eigenvalue weighted by Crippen LogP contribution is -2.15. The Morgan fingerprint density at radius 3 is 2.52 bits per heavy atom. The van der Waals surface area contributed by atoms with Gasteiger partial charge >= 0.3 is 6.18 Å². The van der Waals surface area contributed by atoms with Gasteiger partial charge in [-0.1, -0.05) is 6.07 Å². The summed E-state index contributed by atoms with van der Waals surface area (Å²) >= 11 is 0. The number of ether oxygens (including phenoxy) is 1. The van der Waals surface area contributed by atoms with Crippen molar-refractivity contribution in [2.75, 3.05) is 17.7 Å². The summed E-state index contributed by atoms with van der Waals surface area (Å²) in [5.41, 5.74) is 6.20. The Morgan fingerprint density at radius 1 is 1.19 bits per heavy atom. The molecule has 0 saturated carbocycles. The zero-order valence-electron chi connectivity index (χ0n) is 17.0. The van der Waals surface area contributed by atoms with E-state index < -0.39 is 17.6 Å². The Labute approximate surface area is 176 Å². The van der Waals surface area contributed by atoms with Gasteiger partial charge in [-0.15, -0.1) is 0 Å². The number of amides is 1. The highest BCUT2D eigenvalue weighted by molar-refractivity contribution is 5.99. The Hall–Kier alpha value is -3.60. The summed E-state index contributed by atoms with van der Waals surface area (Å²) in [6.45, 7) is 1.97. The molecule has 164 valence electrons. The van der Waals surface area contributed by atoms with Crippen molar-refractivity contribution in [1.82, 2.24) is 14.8 Å². The number of alkyl halides is 3. The minimum atomic E-state index is -4.67. The molecule has 0 spiro atoms. The summed E-state index contributed by atoms with van der Waals surface area (Å²) in [6, 6.07) is 5.78. The van der Waals surface area contributed by atoms with Gasteiger partial charge in [0.2, 0.25) is 0 Å². The van der Waals surface area contributed by atoms with E-state index in [-0.39, 0.29) is 29.4 Å². The SMILES string of the molecule is COCc1ccc(C(N)=O)c(Nc2cc(Nc3cn(C)nc3C)ncc2C(F)(F)F)c1. The maximum absolute atomic E-state index is 13.6. The second-order valence-electron chi connectivity index (χ2n) is 6.84. The number of aryl methyl sites for hydroxylation is 2. The standard InChI is InChI=1S/C20H21F3N6O2/c1-11-17(9-29(2)28-11)27-18-7-16(14(8-25-18)20(21,22)23)26-15-6-12(10-31-3)4-5-13(15)19(24)30/h4-9H,10H2,1-3H3,(H2,24,30)(H2,25,26,27). The highest BCUT2D eigenvalue weighted by Gasteiger charge is 2.34. The lowest BCUT2D eigenvalue weighted by molar-refractivity contribution is -0.137. The van der Waals surface area contributed by atoms with Crippen molar-refractivity contribution < 1.29 is 22.7 Å². The van der Waals surface area contributed by atoms with Gasteiger partial charge < -0.3 is 21.1 Å². The number of carbonyl (C=O) groups excluding carboxylic acids is 1. The number of hydrogen-bond acceptors (Lipinski definition) is 6. The van der Waals surface area contributed by atoms with Crippen LogP contribution in [-0.2, 0) is 24.6 Å². The fraction of sp³-hybridized carbons (Fsp3) is 0.250. The highest BCUT2D eigenvalue weighted by atomic mass is 19.4. The van der Waals surface area contributed by atoms with E-state index in [0.29, 0.717) is 16.9 Å². The van der Waals surface area contributed by atoms with E-state index in [4.69, 9.17) is 10.5 Å². The van der Waals surface area contributed by atoms with Gasteiger partial charge in [-0.05, 0) is 24.6 Å². The number of methoxy groups -OCH3 is 1. The maximum atomic E-state index is 13.6. The Bertz CT molecular complexity index is 1110. The molecule has 0 saturated heterocycles. The molecule has 3 aromatic rings. The molecule has 1 aromatic carbocycles. The van der Waals surface area contributed by atoms with Gasteiger partial charge in [-0.3, -0.25) is 9.48 Å². The van der Waals surface area contributed by atoms with Crippen LogP contribution in [0.1, 0.15) is 27.2 Å². The number of pyridine rings is 1. The van der Waals surface area contributed by atoms with Gasteiger partial charge in [0, 0.05) is 32.6 Å². The van der Waals surface area contributed by atoms with Gasteiger partial charge in [0.1, 0.15) is 5.82 Å². The topological polar surface area (TPSA) is 107 Å². The molecule has 0 aliphatic carbocycles. The number of primary amides is 1. The molecule has 3 rings (SSSR count). The summed E-state index contributed by atoms with van der Waals surface area (Å²) < 4.78 is 47.5. The van der Waals surface area contributed by atoms with Gasteiger partial charge in [-0.25, -0.2) is 4.98 Å². The van der Waals surface area contributed by atoms with E-state index in [1.165, 1.54) is 25.3 Å². The molecular formula is C20H21F3N6O2. The molecule has 31 heavy (non-hydrogen) atoms. The van der Waals surface area contributed by atoms with Crippen LogP contribution in [0.15, 0.2) is 36.7 Å². The minimum Gasteiger partial charge on any atom is -0.380 e. The quantitative estimate of drug-likeness (QED) is 0.521. The minimum absolute atomic E-state index is 0.0439. The average molecular weight is 434 g/mol. The number of rotatable bonds is 7. The summed E-state index contributed by atoms with van der Waals surface area (Å²) in [5, 5.41) is 9.83. The molecule has 8 nitrogen and oxygen atoms in total. The number of aromatic nitrogens is 3. The van der Waals surface area contributed by atoms with Crippen molar-refractivity contribution in [2.45, 2.75) is 19.7 Å². The van der Waals surface area contributed by atoms with Gasteiger partial charge in [-0.2, -0.15) is 18.3 Å². The van der Waals surface area contributed by atoms with E-state index in [9.17, 15) is 18.0 Å². The van der Waals surface area contributed by atoms with Crippen LogP contribution in [0.25, 0.3) is 0 Å². The van der Waals surface area contributed by atoms with Crippen LogP contribution in [0.4, 0.5) is 36.1 Å². The number of nitrogens with one attached hydrogen (secondary N) is 2. The third-order valence-corrected chi connectivity index (χ3v) is 4.42. The van der Waals surface area contributed by atoms with Crippen molar-refractivity contribution in [3.8, 4) is 0 Å². The second kappa shape index (κ2) is 8.64. The molecular weight excluding hydrogens is 413 g/mol. The maximum Gasteiger partial charge on any atom is 0.419 e. The zero-order chi connectivity index (χ0) is 22.8. The number of carbonyl (C=O) groups is 1. The van der Waals surface area contributed by atoms with E-state index in [2.05, 4.69) is 20.7 Å². The van der Waals surface area contributed by atoms with Crippen LogP contribution in [0, 0.1) is 6.92 Å². The Balaban J connectivity index is 2.05. The molecule has 0 atom stereocenters. The molecule has 4 N–H and O–H groups in total. The summed E-state index contributed by atoms with van der Waals surface area (Å²) in [5.74, 6) is -0.612. The van der Waals surface area contributed by atoms with Crippen LogP contribution >= 0.6 is 0 Å². The summed E-state index contributed by atoms with van der Waals surface area (Å²) in [4.78, 5) is 15.7. The van der Waals surface area contributed by atoms with E-state index in [1.54, 1.807) is 30.9 Å². The van der Waals surface area contributed by atoms with Crippen molar-refractivity contribution in [1.29, 1.82) is 0 Å². The lowest BCUT2D eigenvalue weighted by atomic mass is 10.1. The number of nitrogens with zero attached hydrogens (tertiary/aromatic N) is 3. The van der Waals surface area contributed by atoms with Crippen LogP contribution in [0.3, 0.4) is 0 Å². The fourth-order valence-electron chi connectivity index (χ4n) is 3.02. The second-order valence-corrected chi connectivity index (χ2v) is 6.84. The Kier molecular flexibility index (Phi) is 6.16. The first kappa shape index (κ1) is 22.1. The van der Waals surface area contributed by atoms with Crippen molar-refractivity contribution in [3.05, 3.63) is 59.0 Å². The predicted octanol–water partition coefficient (Wildman–Crippen LogP) is 3.87. The third-order valence-electron chi connectivity index (χ3n) is 4.42. The van der Waals surface area contributed by atoms with Crippen LogP contribution in [-0.4, -0.2) is 27.8 Å². The number of halogens is 3. The molecule has 0 bridgehead atoms. The first-order valence-corrected chi connectivity index (χ1v) is 9.11. The number of nitrogens with two attached hydrogens (primary N) is 1. The molecule has 2 aromatic heterocycles. The number of hydrogen-bond donors (Lipinski definition) is 3. The first-order valence-electron chi connectivity index (χ1n) is 9.11. The highest BCUT2D eigenvalue weighted by Crippen LogP contribution is 2.38.